The molecule has 4 aromatic rings. The normalized spacial score (nSPS) is 16.3. The SMILES string of the molecule is Cn1c(=O)c2c(-c3nc(CO)cs3)n3c(c2n(C)c1=O)[C@H](c1ccc(Cl)o1)SCC3. The van der Waals surface area contributed by atoms with Gasteiger partial charge in [-0.2, -0.15) is 0 Å². The van der Waals surface area contributed by atoms with E-state index in [2.05, 4.69) is 9.55 Å². The van der Waals surface area contributed by atoms with Crippen LogP contribution >= 0.6 is 34.7 Å². The van der Waals surface area contributed by atoms with E-state index in [-0.39, 0.29) is 22.6 Å². The third kappa shape index (κ3) is 2.74. The molecule has 30 heavy (non-hydrogen) atoms. The highest BCUT2D eigenvalue weighted by Gasteiger charge is 2.35. The van der Waals surface area contributed by atoms with Crippen molar-refractivity contribution in [2.24, 2.45) is 14.1 Å². The monoisotopic (exact) mass is 464 g/mol. The van der Waals surface area contributed by atoms with Crippen LogP contribution in [0.15, 0.2) is 31.5 Å². The molecule has 4 aromatic heterocycles. The van der Waals surface area contributed by atoms with Crippen molar-refractivity contribution in [1.29, 1.82) is 0 Å². The standard InChI is InChI=1S/C19H17ClN4O4S2/c1-22-13-12(18(26)23(2)19(22)27)14(17-21-9(7-25)8-30-17)24-5-6-29-16(15(13)24)10-3-4-11(20)28-10/h3-4,8,16,25H,5-7H2,1-2H3/t16-/m0/s1. The average molecular weight is 465 g/mol. The molecule has 1 atom stereocenters. The highest BCUT2D eigenvalue weighted by atomic mass is 35.5. The molecule has 0 aromatic carbocycles. The Morgan fingerprint density at radius 2 is 2.10 bits per heavy atom. The Morgan fingerprint density at radius 3 is 2.77 bits per heavy atom. The number of fused-ring (bicyclic) bond motifs is 3. The van der Waals surface area contributed by atoms with Gasteiger partial charge in [0.25, 0.3) is 5.56 Å². The van der Waals surface area contributed by atoms with Crippen LogP contribution < -0.4 is 11.2 Å². The number of rotatable bonds is 3. The zero-order valence-corrected chi connectivity index (χ0v) is 18.5. The van der Waals surface area contributed by atoms with Crippen molar-refractivity contribution < 1.29 is 9.52 Å². The molecule has 1 aliphatic heterocycles. The van der Waals surface area contributed by atoms with E-state index in [1.807, 2.05) is 6.07 Å². The second kappa shape index (κ2) is 7.16. The minimum absolute atomic E-state index is 0.179. The molecule has 5 rings (SSSR count). The number of aryl methyl sites for hydroxylation is 1. The molecule has 0 radical (unpaired) electrons. The van der Waals surface area contributed by atoms with Crippen molar-refractivity contribution in [3.05, 3.63) is 60.7 Å². The van der Waals surface area contributed by atoms with Gasteiger partial charge in [0, 0.05) is 31.8 Å². The molecular weight excluding hydrogens is 448 g/mol. The van der Waals surface area contributed by atoms with Crippen molar-refractivity contribution in [2.75, 3.05) is 5.75 Å². The van der Waals surface area contributed by atoms with E-state index >= 15 is 0 Å². The van der Waals surface area contributed by atoms with Crippen LogP contribution in [0.3, 0.4) is 0 Å². The van der Waals surface area contributed by atoms with Crippen molar-refractivity contribution in [3.63, 3.8) is 0 Å². The maximum absolute atomic E-state index is 13.2. The smallest absolute Gasteiger partial charge is 0.331 e. The van der Waals surface area contributed by atoms with Crippen LogP contribution in [-0.4, -0.2) is 29.5 Å². The number of aliphatic hydroxyl groups excluding tert-OH is 1. The van der Waals surface area contributed by atoms with Crippen LogP contribution in [0.2, 0.25) is 5.22 Å². The second-order valence-electron chi connectivity index (χ2n) is 7.01. The Balaban J connectivity index is 1.94. The average Bonchev–Trinajstić information content (AvgIpc) is 3.46. The maximum Gasteiger partial charge on any atom is 0.331 e. The number of thiazole rings is 1. The lowest BCUT2D eigenvalue weighted by molar-refractivity contribution is 0.278. The van der Waals surface area contributed by atoms with Gasteiger partial charge < -0.3 is 14.1 Å². The first-order chi connectivity index (χ1) is 14.4. The van der Waals surface area contributed by atoms with Gasteiger partial charge in [-0.05, 0) is 23.7 Å². The first kappa shape index (κ1) is 19.7. The molecule has 0 bridgehead atoms. The molecule has 156 valence electrons. The predicted molar refractivity (Wildman–Crippen MR) is 117 cm³/mol. The van der Waals surface area contributed by atoms with E-state index in [9.17, 15) is 14.7 Å². The third-order valence-corrected chi connectivity index (χ3v) is 7.63. The van der Waals surface area contributed by atoms with Crippen LogP contribution in [0.1, 0.15) is 22.4 Å². The number of thioether (sulfide) groups is 1. The van der Waals surface area contributed by atoms with Gasteiger partial charge in [-0.15, -0.1) is 23.1 Å². The van der Waals surface area contributed by atoms with Gasteiger partial charge in [-0.3, -0.25) is 13.9 Å². The number of nitrogens with zero attached hydrogens (tertiary/aromatic N) is 4. The van der Waals surface area contributed by atoms with Crippen LogP contribution in [0.4, 0.5) is 0 Å². The Hall–Kier alpha value is -2.27. The van der Waals surface area contributed by atoms with Gasteiger partial charge in [-0.1, -0.05) is 0 Å². The van der Waals surface area contributed by atoms with Gasteiger partial charge in [0.05, 0.1) is 34.6 Å². The van der Waals surface area contributed by atoms with E-state index in [1.165, 1.54) is 23.0 Å². The number of furan rings is 1. The summed E-state index contributed by atoms with van der Waals surface area (Å²) in [7, 11) is 3.14. The number of hydrogen-bond donors (Lipinski definition) is 1. The second-order valence-corrected chi connectivity index (χ2v) is 9.45. The lowest BCUT2D eigenvalue weighted by atomic mass is 10.2. The van der Waals surface area contributed by atoms with E-state index in [4.69, 9.17) is 16.0 Å². The Bertz CT molecular complexity index is 1410. The highest BCUT2D eigenvalue weighted by Crippen LogP contribution is 2.47. The molecule has 11 heteroatoms. The lowest BCUT2D eigenvalue weighted by Gasteiger charge is -2.24. The summed E-state index contributed by atoms with van der Waals surface area (Å²) in [6.07, 6.45) is 0. The van der Waals surface area contributed by atoms with E-state index in [0.717, 1.165) is 16.0 Å². The lowest BCUT2D eigenvalue weighted by Crippen LogP contribution is -2.37. The van der Waals surface area contributed by atoms with Crippen molar-refractivity contribution >= 4 is 45.6 Å². The minimum Gasteiger partial charge on any atom is -0.448 e. The van der Waals surface area contributed by atoms with Gasteiger partial charge in [-0.25, -0.2) is 9.78 Å². The van der Waals surface area contributed by atoms with Crippen LogP contribution in [0.25, 0.3) is 21.6 Å². The van der Waals surface area contributed by atoms with Crippen LogP contribution in [0, 0.1) is 0 Å². The number of hydrogen-bond acceptors (Lipinski definition) is 7. The van der Waals surface area contributed by atoms with Gasteiger partial charge >= 0.3 is 5.69 Å². The largest absolute Gasteiger partial charge is 0.448 e. The quantitative estimate of drug-likeness (QED) is 0.501. The molecule has 1 N–H and O–H groups in total. The maximum atomic E-state index is 13.2. The summed E-state index contributed by atoms with van der Waals surface area (Å²) in [6, 6.07) is 3.51. The van der Waals surface area contributed by atoms with E-state index in [1.54, 1.807) is 30.3 Å². The summed E-state index contributed by atoms with van der Waals surface area (Å²) in [6.45, 7) is 0.474. The van der Waals surface area contributed by atoms with E-state index in [0.29, 0.717) is 39.6 Å². The first-order valence-electron chi connectivity index (χ1n) is 9.17. The Morgan fingerprint density at radius 1 is 1.30 bits per heavy atom. The Labute approximate surface area is 183 Å². The zero-order chi connectivity index (χ0) is 21.2. The molecule has 0 spiro atoms. The highest BCUT2D eigenvalue weighted by molar-refractivity contribution is 7.99. The number of aliphatic hydroxyl groups is 1. The fourth-order valence-corrected chi connectivity index (χ4v) is 6.21. The first-order valence-corrected chi connectivity index (χ1v) is 11.5. The topological polar surface area (TPSA) is 95.2 Å². The summed E-state index contributed by atoms with van der Waals surface area (Å²) >= 11 is 9.07. The molecular formula is C19H17ClN4O4S2. The molecule has 0 aliphatic carbocycles. The summed E-state index contributed by atoms with van der Waals surface area (Å²) < 4.78 is 10.4. The fraction of sp³-hybridized carbons (Fsp3) is 0.316. The minimum atomic E-state index is -0.394. The third-order valence-electron chi connectivity index (χ3n) is 5.32. The van der Waals surface area contributed by atoms with E-state index < -0.39 is 5.69 Å². The Kier molecular flexibility index (Phi) is 4.69. The molecule has 0 amide bonds. The van der Waals surface area contributed by atoms with Crippen LogP contribution in [-0.2, 0) is 27.2 Å². The molecule has 0 unspecified atom stereocenters. The van der Waals surface area contributed by atoms with Crippen molar-refractivity contribution in [2.45, 2.75) is 18.4 Å². The summed E-state index contributed by atoms with van der Waals surface area (Å²) in [4.78, 5) is 30.5. The van der Waals surface area contributed by atoms with Gasteiger partial charge in [0.2, 0.25) is 0 Å². The summed E-state index contributed by atoms with van der Waals surface area (Å²) in [5.74, 6) is 1.46. The fourth-order valence-electron chi connectivity index (χ4n) is 3.98. The molecule has 0 saturated heterocycles. The molecule has 0 fully saturated rings. The van der Waals surface area contributed by atoms with Gasteiger partial charge in [0.1, 0.15) is 16.0 Å². The number of halogens is 1. The summed E-state index contributed by atoms with van der Waals surface area (Å²) in [5, 5.41) is 12.4. The number of aromatic nitrogens is 4. The van der Waals surface area contributed by atoms with Crippen LogP contribution in [0.5, 0.6) is 0 Å². The van der Waals surface area contributed by atoms with Crippen molar-refractivity contribution in [1.82, 2.24) is 18.7 Å². The predicted octanol–water partition coefficient (Wildman–Crippen LogP) is 2.74. The molecule has 0 saturated carbocycles. The molecule has 8 nitrogen and oxygen atoms in total. The summed E-state index contributed by atoms with van der Waals surface area (Å²) in [5.41, 5.74) is 1.84. The molecule has 1 aliphatic rings. The van der Waals surface area contributed by atoms with Crippen molar-refractivity contribution in [3.8, 4) is 10.7 Å². The molecule has 5 heterocycles. The zero-order valence-electron chi connectivity index (χ0n) is 16.1. The van der Waals surface area contributed by atoms with Gasteiger partial charge in [0.15, 0.2) is 5.22 Å².